The monoisotopic (exact) mass is 232 g/mol. The lowest BCUT2D eigenvalue weighted by molar-refractivity contribution is -0.121. The van der Waals surface area contributed by atoms with E-state index in [-0.39, 0.29) is 11.2 Å². The van der Waals surface area contributed by atoms with Gasteiger partial charge in [0.2, 0.25) is 0 Å². The summed E-state index contributed by atoms with van der Waals surface area (Å²) in [7, 11) is 0. The highest BCUT2D eigenvalue weighted by Crippen LogP contribution is 2.21. The highest BCUT2D eigenvalue weighted by molar-refractivity contribution is 5.97. The lowest BCUT2D eigenvalue weighted by Gasteiger charge is -2.13. The maximum absolute atomic E-state index is 11.8. The molecule has 0 bridgehead atoms. The average molecular weight is 232 g/mol. The van der Waals surface area contributed by atoms with Crippen molar-refractivity contribution >= 4 is 11.9 Å². The Labute approximate surface area is 103 Å². The molecule has 1 aromatic carbocycles. The van der Waals surface area contributed by atoms with Crippen molar-refractivity contribution in [2.75, 3.05) is 6.61 Å². The van der Waals surface area contributed by atoms with E-state index in [2.05, 4.69) is 0 Å². The van der Waals surface area contributed by atoms with Gasteiger partial charge in [-0.1, -0.05) is 39.0 Å². The van der Waals surface area contributed by atoms with E-state index in [0.717, 1.165) is 11.3 Å². The number of hydrogen-bond donors (Lipinski definition) is 0. The van der Waals surface area contributed by atoms with Crippen molar-refractivity contribution in [2.45, 2.75) is 27.7 Å². The third kappa shape index (κ3) is 4.06. The number of allylic oxidation sites excluding steroid dienone is 1. The highest BCUT2D eigenvalue weighted by atomic mass is 16.5. The van der Waals surface area contributed by atoms with Gasteiger partial charge in [-0.2, -0.15) is 0 Å². The Morgan fingerprint density at radius 1 is 1.29 bits per heavy atom. The maximum atomic E-state index is 11.8. The van der Waals surface area contributed by atoms with Crippen LogP contribution in [0.25, 0.3) is 6.08 Å². The molecule has 0 N–H and O–H groups in total. The number of carbonyl (C=O) groups excluding carboxylic acids is 1. The molecule has 0 heterocycles. The maximum Gasteiger partial charge on any atom is 0.161 e. The van der Waals surface area contributed by atoms with Gasteiger partial charge in [0.25, 0.3) is 0 Å². The van der Waals surface area contributed by atoms with Gasteiger partial charge in [-0.15, -0.1) is 0 Å². The van der Waals surface area contributed by atoms with Gasteiger partial charge >= 0.3 is 0 Å². The molecule has 0 spiro atoms. The van der Waals surface area contributed by atoms with Gasteiger partial charge in [-0.25, -0.2) is 0 Å². The van der Waals surface area contributed by atoms with E-state index in [0.29, 0.717) is 6.61 Å². The lowest BCUT2D eigenvalue weighted by atomic mass is 9.90. The quantitative estimate of drug-likeness (QED) is 0.740. The molecule has 0 radical (unpaired) electrons. The summed E-state index contributed by atoms with van der Waals surface area (Å²) < 4.78 is 5.49. The van der Waals surface area contributed by atoms with Crippen LogP contribution in [0.5, 0.6) is 5.75 Å². The zero-order chi connectivity index (χ0) is 12.9. The number of para-hydroxylation sites is 1. The normalized spacial score (nSPS) is 11.8. The van der Waals surface area contributed by atoms with Crippen LogP contribution in [0.15, 0.2) is 30.3 Å². The molecule has 1 rings (SSSR count). The largest absolute Gasteiger partial charge is 0.493 e. The van der Waals surface area contributed by atoms with Crippen molar-refractivity contribution in [2.24, 2.45) is 5.41 Å². The van der Waals surface area contributed by atoms with E-state index < -0.39 is 0 Å². The minimum atomic E-state index is -0.336. The molecule has 0 saturated carbocycles. The summed E-state index contributed by atoms with van der Waals surface area (Å²) in [6.45, 7) is 8.30. The summed E-state index contributed by atoms with van der Waals surface area (Å²) >= 11 is 0. The van der Waals surface area contributed by atoms with Crippen molar-refractivity contribution < 1.29 is 9.53 Å². The van der Waals surface area contributed by atoms with Gasteiger partial charge in [0.05, 0.1) is 6.61 Å². The van der Waals surface area contributed by atoms with E-state index in [1.165, 1.54) is 0 Å². The molecule has 2 heteroatoms. The highest BCUT2D eigenvalue weighted by Gasteiger charge is 2.17. The molecule has 0 aliphatic heterocycles. The van der Waals surface area contributed by atoms with E-state index in [1.807, 2.05) is 58.0 Å². The Morgan fingerprint density at radius 2 is 1.94 bits per heavy atom. The van der Waals surface area contributed by atoms with Crippen molar-refractivity contribution in [1.29, 1.82) is 0 Å². The first-order chi connectivity index (χ1) is 7.95. The van der Waals surface area contributed by atoms with Gasteiger partial charge in [0.1, 0.15) is 5.75 Å². The summed E-state index contributed by atoms with van der Waals surface area (Å²) in [5.41, 5.74) is 0.601. The van der Waals surface area contributed by atoms with Crippen molar-refractivity contribution in [1.82, 2.24) is 0 Å². The minimum absolute atomic E-state index is 0.115. The Morgan fingerprint density at radius 3 is 2.53 bits per heavy atom. The second-order valence-electron chi connectivity index (χ2n) is 4.92. The van der Waals surface area contributed by atoms with Crippen LogP contribution < -0.4 is 4.74 Å². The lowest BCUT2D eigenvalue weighted by Crippen LogP contribution is -2.17. The van der Waals surface area contributed by atoms with Gasteiger partial charge in [-0.3, -0.25) is 4.79 Å². The molecule has 0 atom stereocenters. The molecule has 0 aliphatic rings. The first-order valence-electron chi connectivity index (χ1n) is 5.89. The third-order valence-corrected chi connectivity index (χ3v) is 2.37. The fourth-order valence-corrected chi connectivity index (χ4v) is 1.32. The van der Waals surface area contributed by atoms with Gasteiger partial charge in [0, 0.05) is 11.0 Å². The fraction of sp³-hybridized carbons (Fsp3) is 0.400. The van der Waals surface area contributed by atoms with E-state index >= 15 is 0 Å². The van der Waals surface area contributed by atoms with E-state index in [4.69, 9.17) is 4.74 Å². The number of carbonyl (C=O) groups is 1. The Balaban J connectivity index is 2.88. The minimum Gasteiger partial charge on any atom is -0.493 e. The second kappa shape index (κ2) is 5.67. The average Bonchev–Trinajstić information content (AvgIpc) is 2.26. The molecule has 0 saturated heterocycles. The van der Waals surface area contributed by atoms with Crippen LogP contribution in [0.4, 0.5) is 0 Å². The molecular weight excluding hydrogens is 212 g/mol. The molecule has 92 valence electrons. The third-order valence-electron chi connectivity index (χ3n) is 2.37. The Kier molecular flexibility index (Phi) is 4.50. The number of rotatable bonds is 4. The fourth-order valence-electron chi connectivity index (χ4n) is 1.32. The van der Waals surface area contributed by atoms with Crippen molar-refractivity contribution in [3.63, 3.8) is 0 Å². The molecule has 0 aromatic heterocycles. The molecule has 1 aromatic rings. The molecule has 0 aliphatic carbocycles. The Bertz CT molecular complexity index is 411. The zero-order valence-electron chi connectivity index (χ0n) is 11.0. The number of ether oxygens (including phenoxy) is 1. The summed E-state index contributed by atoms with van der Waals surface area (Å²) in [4.78, 5) is 11.8. The first-order valence-corrected chi connectivity index (χ1v) is 5.89. The van der Waals surface area contributed by atoms with E-state index in [1.54, 1.807) is 6.08 Å². The number of benzene rings is 1. The van der Waals surface area contributed by atoms with Crippen molar-refractivity contribution in [3.05, 3.63) is 35.9 Å². The summed E-state index contributed by atoms with van der Waals surface area (Å²) in [6.07, 6.45) is 3.44. The molecule has 2 nitrogen and oxygen atoms in total. The van der Waals surface area contributed by atoms with Crippen LogP contribution in [0, 0.1) is 5.41 Å². The van der Waals surface area contributed by atoms with E-state index in [9.17, 15) is 4.79 Å². The van der Waals surface area contributed by atoms with Crippen LogP contribution in [0.1, 0.15) is 33.3 Å². The van der Waals surface area contributed by atoms with Gasteiger partial charge < -0.3 is 4.74 Å². The van der Waals surface area contributed by atoms with Crippen LogP contribution in [0.2, 0.25) is 0 Å². The van der Waals surface area contributed by atoms with Crippen LogP contribution in [0.3, 0.4) is 0 Å². The molecule has 0 amide bonds. The molecule has 0 fully saturated rings. The predicted molar refractivity (Wildman–Crippen MR) is 71.1 cm³/mol. The standard InChI is InChI=1S/C15H20O2/c1-5-17-13-9-7-6-8-12(13)10-11-14(16)15(2,3)4/h6-11H,5H2,1-4H3. The van der Waals surface area contributed by atoms with Crippen LogP contribution in [-0.2, 0) is 4.79 Å². The first kappa shape index (κ1) is 13.5. The smallest absolute Gasteiger partial charge is 0.161 e. The second-order valence-corrected chi connectivity index (χ2v) is 4.92. The van der Waals surface area contributed by atoms with Gasteiger partial charge in [0.15, 0.2) is 5.78 Å². The van der Waals surface area contributed by atoms with Crippen molar-refractivity contribution in [3.8, 4) is 5.75 Å². The Hall–Kier alpha value is -1.57. The van der Waals surface area contributed by atoms with Gasteiger partial charge in [-0.05, 0) is 25.1 Å². The molecule has 17 heavy (non-hydrogen) atoms. The summed E-state index contributed by atoms with van der Waals surface area (Å²) in [5.74, 6) is 0.928. The zero-order valence-corrected chi connectivity index (χ0v) is 11.0. The molecule has 0 unspecified atom stereocenters. The predicted octanol–water partition coefficient (Wildman–Crippen LogP) is 3.71. The topological polar surface area (TPSA) is 26.3 Å². The number of ketones is 1. The van der Waals surface area contributed by atoms with Crippen LogP contribution >= 0.6 is 0 Å². The SMILES string of the molecule is CCOc1ccccc1C=CC(=O)C(C)(C)C. The number of hydrogen-bond acceptors (Lipinski definition) is 2. The summed E-state index contributed by atoms with van der Waals surface area (Å²) in [6, 6.07) is 7.71. The van der Waals surface area contributed by atoms with Crippen LogP contribution in [-0.4, -0.2) is 12.4 Å². The summed E-state index contributed by atoms with van der Waals surface area (Å²) in [5, 5.41) is 0. The molecular formula is C15H20O2.